The van der Waals surface area contributed by atoms with Gasteiger partial charge in [0.1, 0.15) is 5.60 Å². The molecule has 0 aromatic rings. The molecule has 1 fully saturated rings. The molecule has 0 heterocycles. The smallest absolute Gasteiger partial charge is 0.408 e. The van der Waals surface area contributed by atoms with Crippen molar-refractivity contribution in [2.75, 3.05) is 7.11 Å². The second kappa shape index (κ2) is 4.30. The topological polar surface area (TPSA) is 64.6 Å². The van der Waals surface area contributed by atoms with E-state index in [1.54, 1.807) is 26.8 Å². The van der Waals surface area contributed by atoms with Crippen LogP contribution >= 0.6 is 0 Å². The minimum absolute atomic E-state index is 0.468. The molecule has 0 unspecified atom stereocenters. The zero-order valence-electron chi connectivity index (χ0n) is 11.6. The molecule has 1 aliphatic rings. The van der Waals surface area contributed by atoms with E-state index >= 15 is 0 Å². The largest absolute Gasteiger partial charge is 0.467 e. The summed E-state index contributed by atoms with van der Waals surface area (Å²) in [6.45, 7) is 10.8. The van der Waals surface area contributed by atoms with Gasteiger partial charge in [0.2, 0.25) is 0 Å². The quantitative estimate of drug-likeness (QED) is 0.619. The monoisotopic (exact) mass is 255 g/mol. The summed E-state index contributed by atoms with van der Waals surface area (Å²) in [5, 5.41) is 2.61. The van der Waals surface area contributed by atoms with Crippen molar-refractivity contribution in [3.05, 3.63) is 12.7 Å². The highest BCUT2D eigenvalue weighted by Crippen LogP contribution is 2.57. The van der Waals surface area contributed by atoms with Gasteiger partial charge in [-0.1, -0.05) is 13.0 Å². The fourth-order valence-corrected chi connectivity index (χ4v) is 1.95. The van der Waals surface area contributed by atoms with Gasteiger partial charge in [-0.2, -0.15) is 0 Å². The first-order valence-electron chi connectivity index (χ1n) is 5.83. The molecule has 0 aliphatic heterocycles. The lowest BCUT2D eigenvalue weighted by Gasteiger charge is -2.24. The second-order valence-electron chi connectivity index (χ2n) is 5.82. The fourth-order valence-electron chi connectivity index (χ4n) is 1.95. The molecule has 5 nitrogen and oxygen atoms in total. The van der Waals surface area contributed by atoms with Crippen molar-refractivity contribution < 1.29 is 19.1 Å². The van der Waals surface area contributed by atoms with Gasteiger partial charge in [-0.25, -0.2) is 9.59 Å². The molecule has 18 heavy (non-hydrogen) atoms. The number of methoxy groups -OCH3 is 1. The van der Waals surface area contributed by atoms with Gasteiger partial charge >= 0.3 is 12.1 Å². The molecule has 0 spiro atoms. The van der Waals surface area contributed by atoms with Crippen LogP contribution in [0.1, 0.15) is 34.1 Å². The predicted octanol–water partition coefficient (Wildman–Crippen LogP) is 2.02. The standard InChI is InChI=1S/C13H21NO4/c1-7-12(5)8-13(12,9(15)17-6)14-10(16)18-11(2,3)4/h7H,1,8H2,2-6H3,(H,14,16)/t12-,13+/m1/s1. The number of esters is 1. The Morgan fingerprint density at radius 2 is 1.94 bits per heavy atom. The Kier molecular flexibility index (Phi) is 3.47. The molecular weight excluding hydrogens is 234 g/mol. The molecule has 0 aromatic carbocycles. The molecule has 1 saturated carbocycles. The maximum absolute atomic E-state index is 11.8. The molecule has 0 bridgehead atoms. The molecule has 1 N–H and O–H groups in total. The number of hydrogen-bond acceptors (Lipinski definition) is 4. The Labute approximate surface area is 108 Å². The van der Waals surface area contributed by atoms with Gasteiger partial charge in [0, 0.05) is 5.41 Å². The average molecular weight is 255 g/mol. The average Bonchev–Trinajstić information content (AvgIpc) is 2.82. The van der Waals surface area contributed by atoms with E-state index in [2.05, 4.69) is 11.9 Å². The number of rotatable bonds is 3. The van der Waals surface area contributed by atoms with E-state index in [1.807, 2.05) is 6.92 Å². The summed E-state index contributed by atoms with van der Waals surface area (Å²) in [5.41, 5.74) is -2.15. The summed E-state index contributed by atoms with van der Waals surface area (Å²) in [4.78, 5) is 23.6. The lowest BCUT2D eigenvalue weighted by atomic mass is 10.0. The van der Waals surface area contributed by atoms with Gasteiger partial charge in [0.05, 0.1) is 7.11 Å². The summed E-state index contributed by atoms with van der Waals surface area (Å²) < 4.78 is 9.90. The number of hydrogen-bond donors (Lipinski definition) is 1. The normalized spacial score (nSPS) is 30.3. The van der Waals surface area contributed by atoms with Crippen LogP contribution in [0, 0.1) is 5.41 Å². The predicted molar refractivity (Wildman–Crippen MR) is 67.0 cm³/mol. The second-order valence-corrected chi connectivity index (χ2v) is 5.82. The van der Waals surface area contributed by atoms with Crippen LogP contribution in [0.25, 0.3) is 0 Å². The molecule has 102 valence electrons. The van der Waals surface area contributed by atoms with Gasteiger partial charge in [-0.05, 0) is 27.2 Å². The summed E-state index contributed by atoms with van der Waals surface area (Å²) in [6.07, 6.45) is 1.50. The van der Waals surface area contributed by atoms with E-state index in [0.717, 1.165) is 0 Å². The number of alkyl carbamates (subject to hydrolysis) is 1. The molecule has 1 aliphatic carbocycles. The third kappa shape index (κ3) is 2.49. The first-order valence-corrected chi connectivity index (χ1v) is 5.83. The van der Waals surface area contributed by atoms with E-state index in [4.69, 9.17) is 9.47 Å². The molecule has 2 atom stereocenters. The van der Waals surface area contributed by atoms with Gasteiger partial charge < -0.3 is 14.8 Å². The minimum Gasteiger partial charge on any atom is -0.467 e. The summed E-state index contributed by atoms with van der Waals surface area (Å²) >= 11 is 0. The minimum atomic E-state index is -1.05. The van der Waals surface area contributed by atoms with Crippen LogP contribution in [0.2, 0.25) is 0 Å². The molecule has 0 saturated heterocycles. The van der Waals surface area contributed by atoms with Crippen molar-refractivity contribution >= 4 is 12.1 Å². The lowest BCUT2D eigenvalue weighted by molar-refractivity contribution is -0.145. The molecule has 1 rings (SSSR count). The van der Waals surface area contributed by atoms with Crippen molar-refractivity contribution in [3.63, 3.8) is 0 Å². The van der Waals surface area contributed by atoms with E-state index in [1.165, 1.54) is 7.11 Å². The summed E-state index contributed by atoms with van der Waals surface area (Å²) in [7, 11) is 1.29. The SMILES string of the molecule is C=C[C@]1(C)C[C@]1(NC(=O)OC(C)(C)C)C(=O)OC. The van der Waals surface area contributed by atoms with Crippen LogP contribution in [0.5, 0.6) is 0 Å². The Hall–Kier alpha value is -1.52. The molecular formula is C13H21NO4. The molecule has 5 heteroatoms. The number of carbonyl (C=O) groups excluding carboxylic acids is 2. The highest BCUT2D eigenvalue weighted by molar-refractivity contribution is 5.91. The first-order chi connectivity index (χ1) is 8.10. The lowest BCUT2D eigenvalue weighted by Crippen LogP contribution is -2.49. The fraction of sp³-hybridized carbons (Fsp3) is 0.692. The van der Waals surface area contributed by atoms with Crippen LogP contribution in [0.3, 0.4) is 0 Å². The Morgan fingerprint density at radius 3 is 2.28 bits per heavy atom. The number of nitrogens with one attached hydrogen (secondary N) is 1. The Morgan fingerprint density at radius 1 is 1.39 bits per heavy atom. The third-order valence-corrected chi connectivity index (χ3v) is 3.18. The highest BCUT2D eigenvalue weighted by atomic mass is 16.6. The van der Waals surface area contributed by atoms with Crippen molar-refractivity contribution in [2.24, 2.45) is 5.41 Å². The molecule has 0 radical (unpaired) electrons. The number of carbonyl (C=O) groups is 2. The van der Waals surface area contributed by atoms with Gasteiger partial charge in [0.25, 0.3) is 0 Å². The van der Waals surface area contributed by atoms with E-state index < -0.39 is 28.6 Å². The number of amides is 1. The Balaban J connectivity index is 2.82. The molecule has 1 amide bonds. The van der Waals surface area contributed by atoms with Gasteiger partial charge in [-0.15, -0.1) is 6.58 Å². The maximum Gasteiger partial charge on any atom is 0.408 e. The summed E-state index contributed by atoms with van der Waals surface area (Å²) in [5.74, 6) is -0.476. The summed E-state index contributed by atoms with van der Waals surface area (Å²) in [6, 6.07) is 0. The van der Waals surface area contributed by atoms with Crippen LogP contribution in [0.15, 0.2) is 12.7 Å². The van der Waals surface area contributed by atoms with Crippen molar-refractivity contribution in [1.29, 1.82) is 0 Å². The van der Waals surface area contributed by atoms with Crippen molar-refractivity contribution in [3.8, 4) is 0 Å². The highest BCUT2D eigenvalue weighted by Gasteiger charge is 2.70. The third-order valence-electron chi connectivity index (χ3n) is 3.18. The maximum atomic E-state index is 11.8. The van der Waals surface area contributed by atoms with Crippen LogP contribution in [0.4, 0.5) is 4.79 Å². The van der Waals surface area contributed by atoms with E-state index in [0.29, 0.717) is 6.42 Å². The first kappa shape index (κ1) is 14.5. The van der Waals surface area contributed by atoms with Crippen molar-refractivity contribution in [1.82, 2.24) is 5.32 Å². The molecule has 0 aromatic heterocycles. The Bertz CT molecular complexity index is 385. The zero-order chi connectivity index (χ0) is 14.2. The number of ether oxygens (including phenoxy) is 2. The van der Waals surface area contributed by atoms with Crippen LogP contribution in [-0.2, 0) is 14.3 Å². The van der Waals surface area contributed by atoms with E-state index in [-0.39, 0.29) is 0 Å². The van der Waals surface area contributed by atoms with Gasteiger partial charge in [-0.3, -0.25) is 0 Å². The van der Waals surface area contributed by atoms with Crippen LogP contribution < -0.4 is 5.32 Å². The van der Waals surface area contributed by atoms with Gasteiger partial charge in [0.15, 0.2) is 5.54 Å². The zero-order valence-corrected chi connectivity index (χ0v) is 11.6. The van der Waals surface area contributed by atoms with E-state index in [9.17, 15) is 9.59 Å². The van der Waals surface area contributed by atoms with Crippen molar-refractivity contribution in [2.45, 2.75) is 45.3 Å². The van der Waals surface area contributed by atoms with Crippen LogP contribution in [-0.4, -0.2) is 30.3 Å².